The summed E-state index contributed by atoms with van der Waals surface area (Å²) in [5.74, 6) is 2.07. The normalized spacial score (nSPS) is 13.5. The summed E-state index contributed by atoms with van der Waals surface area (Å²) < 4.78 is 2.35. The molecule has 4 heteroatoms. The van der Waals surface area contributed by atoms with E-state index in [-0.39, 0.29) is 0 Å². The first-order valence-corrected chi connectivity index (χ1v) is 8.14. The van der Waals surface area contributed by atoms with Gasteiger partial charge >= 0.3 is 0 Å². The third-order valence-electron chi connectivity index (χ3n) is 3.72. The number of fused-ring (bicyclic) bond motifs is 1. The van der Waals surface area contributed by atoms with Crippen LogP contribution in [0.1, 0.15) is 37.7 Å². The average molecular weight is 308 g/mol. The number of halogens is 1. The Balaban J connectivity index is 2.53. The van der Waals surface area contributed by atoms with Crippen molar-refractivity contribution in [3.63, 3.8) is 0 Å². The maximum Gasteiger partial charge on any atom is 0.125 e. The predicted octanol–water partition coefficient (Wildman–Crippen LogP) is 4.23. The third-order valence-corrected chi connectivity index (χ3v) is 3.96. The van der Waals surface area contributed by atoms with Crippen LogP contribution >= 0.6 is 11.6 Å². The summed E-state index contributed by atoms with van der Waals surface area (Å²) >= 11 is 6.16. The predicted molar refractivity (Wildman–Crippen MR) is 91.1 cm³/mol. The molecular formula is C17H26ClN3. The lowest BCUT2D eigenvalue weighted by Gasteiger charge is -2.26. The first-order chi connectivity index (χ1) is 9.92. The number of likely N-dealkylation sites (N-methyl/N-ethyl adjacent to an activating group) is 1. The van der Waals surface area contributed by atoms with Gasteiger partial charge in [0.05, 0.1) is 16.9 Å². The summed E-state index contributed by atoms with van der Waals surface area (Å²) in [6, 6.07) is 6.88. The highest BCUT2D eigenvalue weighted by atomic mass is 35.5. The molecule has 1 aromatic heterocycles. The minimum atomic E-state index is 0.404. The second-order valence-corrected chi connectivity index (χ2v) is 6.84. The molecule has 0 aliphatic carbocycles. The lowest BCUT2D eigenvalue weighted by molar-refractivity contribution is 0.289. The maximum atomic E-state index is 6.16. The average Bonchev–Trinajstić information content (AvgIpc) is 2.74. The molecule has 1 atom stereocenters. The van der Waals surface area contributed by atoms with Crippen LogP contribution in [0.3, 0.4) is 0 Å². The Kier molecular flexibility index (Phi) is 5.28. The van der Waals surface area contributed by atoms with Crippen LogP contribution in [-0.4, -0.2) is 35.1 Å². The molecule has 0 bridgehead atoms. The van der Waals surface area contributed by atoms with Gasteiger partial charge in [0, 0.05) is 12.6 Å². The largest absolute Gasteiger partial charge is 0.323 e. The summed E-state index contributed by atoms with van der Waals surface area (Å²) in [5, 5.41) is 0. The molecule has 0 aliphatic rings. The molecule has 0 saturated heterocycles. The van der Waals surface area contributed by atoms with Crippen LogP contribution in [0.25, 0.3) is 11.0 Å². The molecule has 0 amide bonds. The van der Waals surface area contributed by atoms with Crippen molar-refractivity contribution in [3.8, 4) is 0 Å². The molecule has 1 heterocycles. The fraction of sp³-hybridized carbons (Fsp3) is 0.588. The van der Waals surface area contributed by atoms with Crippen molar-refractivity contribution in [2.45, 2.75) is 39.1 Å². The zero-order valence-electron chi connectivity index (χ0n) is 13.7. The monoisotopic (exact) mass is 307 g/mol. The molecule has 1 aromatic carbocycles. The number of alkyl halides is 1. The standard InChI is InChI=1S/C17H26ClN3/c1-12(2)8-14(11-20(4)5)21-16-7-6-13(3)9-15(16)19-17(21)10-18/h6-7,9,12,14H,8,10-11H2,1-5H3. The lowest BCUT2D eigenvalue weighted by Crippen LogP contribution is -2.26. The van der Waals surface area contributed by atoms with E-state index in [1.54, 1.807) is 0 Å². The first kappa shape index (κ1) is 16.3. The topological polar surface area (TPSA) is 21.1 Å². The van der Waals surface area contributed by atoms with Crippen molar-refractivity contribution in [1.82, 2.24) is 14.5 Å². The number of imidazole rings is 1. The summed E-state index contributed by atoms with van der Waals surface area (Å²) in [5.41, 5.74) is 3.49. The highest BCUT2D eigenvalue weighted by Gasteiger charge is 2.20. The van der Waals surface area contributed by atoms with E-state index in [0.29, 0.717) is 17.8 Å². The number of nitrogens with zero attached hydrogens (tertiary/aromatic N) is 3. The molecule has 1 unspecified atom stereocenters. The van der Waals surface area contributed by atoms with Crippen molar-refractivity contribution in [2.24, 2.45) is 5.92 Å². The molecule has 21 heavy (non-hydrogen) atoms. The molecule has 3 nitrogen and oxygen atoms in total. The lowest BCUT2D eigenvalue weighted by atomic mass is 10.0. The Morgan fingerprint density at radius 1 is 1.29 bits per heavy atom. The number of aryl methyl sites for hydroxylation is 1. The number of rotatable bonds is 6. The number of hydrogen-bond donors (Lipinski definition) is 0. The fourth-order valence-corrected chi connectivity index (χ4v) is 3.18. The molecule has 0 fully saturated rings. The van der Waals surface area contributed by atoms with Gasteiger partial charge in [-0.1, -0.05) is 19.9 Å². The minimum absolute atomic E-state index is 0.404. The van der Waals surface area contributed by atoms with Crippen molar-refractivity contribution < 1.29 is 0 Å². The van der Waals surface area contributed by atoms with E-state index >= 15 is 0 Å². The molecule has 116 valence electrons. The van der Waals surface area contributed by atoms with E-state index in [1.807, 2.05) is 0 Å². The highest BCUT2D eigenvalue weighted by molar-refractivity contribution is 6.16. The molecule has 0 spiro atoms. The third kappa shape index (κ3) is 3.78. The number of aromatic nitrogens is 2. The van der Waals surface area contributed by atoms with E-state index in [1.165, 1.54) is 11.1 Å². The van der Waals surface area contributed by atoms with Gasteiger partial charge in [-0.05, 0) is 51.1 Å². The smallest absolute Gasteiger partial charge is 0.125 e. The molecular weight excluding hydrogens is 282 g/mol. The van der Waals surface area contributed by atoms with Crippen LogP contribution in [-0.2, 0) is 5.88 Å². The Bertz CT molecular complexity index is 591. The van der Waals surface area contributed by atoms with Gasteiger partial charge in [0.2, 0.25) is 0 Å². The van der Waals surface area contributed by atoms with Crippen molar-refractivity contribution >= 4 is 22.6 Å². The van der Waals surface area contributed by atoms with Crippen molar-refractivity contribution in [3.05, 3.63) is 29.6 Å². The van der Waals surface area contributed by atoms with Gasteiger partial charge in [-0.25, -0.2) is 4.98 Å². The Morgan fingerprint density at radius 2 is 2.00 bits per heavy atom. The molecule has 2 rings (SSSR count). The quantitative estimate of drug-likeness (QED) is 0.745. The van der Waals surface area contributed by atoms with Crippen molar-refractivity contribution in [2.75, 3.05) is 20.6 Å². The van der Waals surface area contributed by atoms with E-state index < -0.39 is 0 Å². The van der Waals surface area contributed by atoms with Crippen LogP contribution in [0, 0.1) is 12.8 Å². The summed E-state index contributed by atoms with van der Waals surface area (Å²) in [6.45, 7) is 7.64. The van der Waals surface area contributed by atoms with Crippen LogP contribution in [0.5, 0.6) is 0 Å². The first-order valence-electron chi connectivity index (χ1n) is 7.60. The number of hydrogen-bond acceptors (Lipinski definition) is 2. The Labute approximate surface area is 132 Å². The Hall–Kier alpha value is -1.06. The van der Waals surface area contributed by atoms with Crippen LogP contribution in [0.15, 0.2) is 18.2 Å². The fourth-order valence-electron chi connectivity index (χ4n) is 2.99. The molecule has 2 aromatic rings. The van der Waals surface area contributed by atoms with Gasteiger partial charge in [-0.2, -0.15) is 0 Å². The second-order valence-electron chi connectivity index (χ2n) is 6.57. The van der Waals surface area contributed by atoms with E-state index in [0.717, 1.165) is 24.3 Å². The van der Waals surface area contributed by atoms with Crippen LogP contribution in [0.4, 0.5) is 0 Å². The van der Waals surface area contributed by atoms with Gasteiger partial charge in [0.1, 0.15) is 5.82 Å². The molecule has 0 saturated carbocycles. The SMILES string of the molecule is Cc1ccc2c(c1)nc(CCl)n2C(CC(C)C)CN(C)C. The van der Waals surface area contributed by atoms with Gasteiger partial charge in [-0.15, -0.1) is 11.6 Å². The van der Waals surface area contributed by atoms with Gasteiger partial charge in [0.15, 0.2) is 0 Å². The molecule has 0 aliphatic heterocycles. The summed E-state index contributed by atoms with van der Waals surface area (Å²) in [6.07, 6.45) is 1.13. The highest BCUT2D eigenvalue weighted by Crippen LogP contribution is 2.27. The van der Waals surface area contributed by atoms with E-state index in [4.69, 9.17) is 16.6 Å². The number of benzene rings is 1. The van der Waals surface area contributed by atoms with Crippen LogP contribution < -0.4 is 0 Å². The van der Waals surface area contributed by atoms with E-state index in [9.17, 15) is 0 Å². The second kappa shape index (κ2) is 6.80. The van der Waals surface area contributed by atoms with Gasteiger partial charge < -0.3 is 9.47 Å². The zero-order chi connectivity index (χ0) is 15.6. The maximum absolute atomic E-state index is 6.16. The van der Waals surface area contributed by atoms with Gasteiger partial charge in [-0.3, -0.25) is 0 Å². The van der Waals surface area contributed by atoms with Crippen molar-refractivity contribution in [1.29, 1.82) is 0 Å². The summed E-state index contributed by atoms with van der Waals surface area (Å²) in [7, 11) is 4.24. The minimum Gasteiger partial charge on any atom is -0.323 e. The van der Waals surface area contributed by atoms with Gasteiger partial charge in [0.25, 0.3) is 0 Å². The Morgan fingerprint density at radius 3 is 2.57 bits per heavy atom. The van der Waals surface area contributed by atoms with Crippen LogP contribution in [0.2, 0.25) is 0 Å². The summed E-state index contributed by atoms with van der Waals surface area (Å²) in [4.78, 5) is 6.98. The zero-order valence-corrected chi connectivity index (χ0v) is 14.5. The van der Waals surface area contributed by atoms with E-state index in [2.05, 4.69) is 62.5 Å². The molecule has 0 N–H and O–H groups in total. The molecule has 0 radical (unpaired) electrons.